The number of rotatable bonds is 6. The van der Waals surface area contributed by atoms with Crippen molar-refractivity contribution in [1.29, 1.82) is 0 Å². The molecule has 0 spiro atoms. The van der Waals surface area contributed by atoms with Gasteiger partial charge in [-0.1, -0.05) is 24.6 Å². The van der Waals surface area contributed by atoms with Crippen molar-refractivity contribution in [2.75, 3.05) is 12.0 Å². The molecular formula is C17H28OS2. The van der Waals surface area contributed by atoms with Crippen LogP contribution in [0.2, 0.25) is 0 Å². The van der Waals surface area contributed by atoms with Crippen LogP contribution >= 0.6 is 23.5 Å². The molecular weight excluding hydrogens is 284 g/mol. The van der Waals surface area contributed by atoms with Crippen LogP contribution in [0.15, 0.2) is 0 Å². The molecule has 3 aliphatic carbocycles. The van der Waals surface area contributed by atoms with Crippen LogP contribution in [-0.4, -0.2) is 22.4 Å². The highest BCUT2D eigenvalue weighted by Crippen LogP contribution is 2.63. The zero-order valence-electron chi connectivity index (χ0n) is 12.8. The lowest BCUT2D eigenvalue weighted by molar-refractivity contribution is -0.109. The van der Waals surface area contributed by atoms with Crippen LogP contribution in [0.25, 0.3) is 0 Å². The summed E-state index contributed by atoms with van der Waals surface area (Å²) in [6.45, 7) is 1.74. The van der Waals surface area contributed by atoms with Gasteiger partial charge in [0.05, 0.1) is 0 Å². The maximum Gasteiger partial charge on any atom is 0.186 e. The number of carbonyl (C=O) groups is 1. The molecule has 114 valence electrons. The molecule has 6 atom stereocenters. The molecule has 0 aliphatic heterocycles. The van der Waals surface area contributed by atoms with Crippen molar-refractivity contribution in [3.63, 3.8) is 0 Å². The third-order valence-corrected chi connectivity index (χ3v) is 7.81. The molecule has 0 aromatic carbocycles. The predicted molar refractivity (Wildman–Crippen MR) is 90.2 cm³/mol. The molecule has 0 aromatic heterocycles. The highest BCUT2D eigenvalue weighted by Gasteiger charge is 2.55. The maximum atomic E-state index is 11.3. The number of unbranched alkanes of at least 4 members (excludes halogenated alkanes) is 1. The van der Waals surface area contributed by atoms with Crippen molar-refractivity contribution in [3.8, 4) is 0 Å². The van der Waals surface area contributed by atoms with E-state index in [-0.39, 0.29) is 0 Å². The van der Waals surface area contributed by atoms with Crippen molar-refractivity contribution in [2.24, 2.45) is 29.6 Å². The standard InChI is InChI=1S/C17H28OS2/c1-11(18)20-14-9-16-13-7-12(5-3-4-6-19-2)15(8-13)17(16)10-14/h12-17H,3-10H2,1-2H3. The Labute approximate surface area is 132 Å². The summed E-state index contributed by atoms with van der Waals surface area (Å²) in [5.41, 5.74) is 0. The Morgan fingerprint density at radius 3 is 2.60 bits per heavy atom. The Morgan fingerprint density at radius 2 is 1.85 bits per heavy atom. The molecule has 2 bridgehead atoms. The minimum Gasteiger partial charge on any atom is -0.288 e. The lowest BCUT2D eigenvalue weighted by Crippen LogP contribution is -2.24. The first-order valence-corrected chi connectivity index (χ1v) is 10.6. The lowest BCUT2D eigenvalue weighted by Gasteiger charge is -2.31. The monoisotopic (exact) mass is 312 g/mol. The molecule has 20 heavy (non-hydrogen) atoms. The summed E-state index contributed by atoms with van der Waals surface area (Å²) in [5, 5.41) is 0.985. The molecule has 0 heterocycles. The van der Waals surface area contributed by atoms with Crippen LogP contribution in [0.5, 0.6) is 0 Å². The average Bonchev–Trinajstić information content (AvgIpc) is 3.04. The third-order valence-electron chi connectivity index (χ3n) is 6.07. The molecule has 3 rings (SSSR count). The summed E-state index contributed by atoms with van der Waals surface area (Å²) >= 11 is 3.62. The van der Waals surface area contributed by atoms with Gasteiger partial charge in [-0.3, -0.25) is 4.79 Å². The van der Waals surface area contributed by atoms with E-state index in [1.807, 2.05) is 11.8 Å². The van der Waals surface area contributed by atoms with Gasteiger partial charge in [0, 0.05) is 12.2 Å². The molecule has 3 heteroatoms. The van der Waals surface area contributed by atoms with Crippen LogP contribution in [0.1, 0.15) is 51.9 Å². The van der Waals surface area contributed by atoms with Crippen molar-refractivity contribution >= 4 is 28.6 Å². The zero-order valence-corrected chi connectivity index (χ0v) is 14.5. The second kappa shape index (κ2) is 6.64. The molecule has 3 saturated carbocycles. The van der Waals surface area contributed by atoms with Crippen LogP contribution in [0.3, 0.4) is 0 Å². The van der Waals surface area contributed by atoms with Crippen molar-refractivity contribution < 1.29 is 4.79 Å². The Hall–Kier alpha value is 0.370. The molecule has 0 amide bonds. The Morgan fingerprint density at radius 1 is 1.05 bits per heavy atom. The Bertz CT molecular complexity index is 357. The van der Waals surface area contributed by atoms with E-state index >= 15 is 0 Å². The van der Waals surface area contributed by atoms with Gasteiger partial charge in [-0.05, 0) is 73.7 Å². The minimum absolute atomic E-state index is 0.330. The van der Waals surface area contributed by atoms with Gasteiger partial charge in [-0.2, -0.15) is 11.8 Å². The average molecular weight is 313 g/mol. The number of hydrogen-bond donors (Lipinski definition) is 0. The fourth-order valence-electron chi connectivity index (χ4n) is 5.48. The third kappa shape index (κ3) is 3.09. The molecule has 1 nitrogen and oxygen atoms in total. The number of hydrogen-bond acceptors (Lipinski definition) is 3. The van der Waals surface area contributed by atoms with Gasteiger partial charge in [-0.25, -0.2) is 0 Å². The van der Waals surface area contributed by atoms with Crippen LogP contribution < -0.4 is 0 Å². The van der Waals surface area contributed by atoms with E-state index in [2.05, 4.69) is 6.26 Å². The maximum absolute atomic E-state index is 11.3. The van der Waals surface area contributed by atoms with Crippen LogP contribution in [0, 0.1) is 29.6 Å². The molecule has 0 N–H and O–H groups in total. The van der Waals surface area contributed by atoms with Gasteiger partial charge in [0.2, 0.25) is 0 Å². The fourth-order valence-corrected chi connectivity index (χ4v) is 7.08. The summed E-state index contributed by atoms with van der Waals surface area (Å²) < 4.78 is 0. The van der Waals surface area contributed by atoms with Crippen molar-refractivity contribution in [2.45, 2.75) is 57.1 Å². The topological polar surface area (TPSA) is 17.1 Å². The van der Waals surface area contributed by atoms with Gasteiger partial charge in [0.1, 0.15) is 0 Å². The molecule has 0 saturated heterocycles. The summed E-state index contributed by atoms with van der Waals surface area (Å²) in [5.74, 6) is 6.38. The number of fused-ring (bicyclic) bond motifs is 5. The second-order valence-corrected chi connectivity index (χ2v) is 9.64. The highest BCUT2D eigenvalue weighted by atomic mass is 32.2. The molecule has 3 aliphatic rings. The van der Waals surface area contributed by atoms with E-state index < -0.39 is 0 Å². The molecule has 0 aromatic rings. The number of thioether (sulfide) groups is 2. The van der Waals surface area contributed by atoms with Gasteiger partial charge >= 0.3 is 0 Å². The van der Waals surface area contributed by atoms with Gasteiger partial charge in [0.15, 0.2) is 5.12 Å². The van der Waals surface area contributed by atoms with Gasteiger partial charge in [0.25, 0.3) is 0 Å². The largest absolute Gasteiger partial charge is 0.288 e. The second-order valence-electron chi connectivity index (χ2n) is 7.17. The van der Waals surface area contributed by atoms with Crippen LogP contribution in [-0.2, 0) is 4.79 Å². The summed E-state index contributed by atoms with van der Waals surface area (Å²) in [7, 11) is 0. The van der Waals surface area contributed by atoms with E-state index in [0.717, 1.165) is 29.6 Å². The smallest absolute Gasteiger partial charge is 0.186 e. The first-order valence-electron chi connectivity index (χ1n) is 8.35. The molecule has 6 unspecified atom stereocenters. The predicted octanol–water partition coefficient (Wildman–Crippen LogP) is 4.85. The summed E-state index contributed by atoms with van der Waals surface area (Å²) in [6, 6.07) is 0. The van der Waals surface area contributed by atoms with E-state index in [4.69, 9.17) is 0 Å². The Kier molecular flexibility index (Phi) is 5.07. The van der Waals surface area contributed by atoms with Crippen molar-refractivity contribution in [1.82, 2.24) is 0 Å². The van der Waals surface area contributed by atoms with E-state index in [9.17, 15) is 4.79 Å². The minimum atomic E-state index is 0.330. The zero-order chi connectivity index (χ0) is 14.1. The highest BCUT2D eigenvalue weighted by molar-refractivity contribution is 8.14. The van der Waals surface area contributed by atoms with Crippen LogP contribution in [0.4, 0.5) is 0 Å². The SMILES string of the molecule is CSCCCCC1CC2CC1C1CC(SC(C)=O)CC21. The first kappa shape index (κ1) is 15.3. The number of carbonyl (C=O) groups excluding carboxylic acids is 1. The summed E-state index contributed by atoms with van der Waals surface area (Å²) in [4.78, 5) is 11.3. The fraction of sp³-hybridized carbons (Fsp3) is 0.941. The molecule has 3 fully saturated rings. The first-order chi connectivity index (χ1) is 9.69. The van der Waals surface area contributed by atoms with Gasteiger partial charge in [-0.15, -0.1) is 0 Å². The lowest BCUT2D eigenvalue weighted by atomic mass is 9.74. The quantitative estimate of drug-likeness (QED) is 0.653. The van der Waals surface area contributed by atoms with E-state index in [1.165, 1.54) is 50.7 Å². The molecule has 0 radical (unpaired) electrons. The van der Waals surface area contributed by atoms with Gasteiger partial charge < -0.3 is 0 Å². The normalized spacial score (nSPS) is 42.1. The Balaban J connectivity index is 1.50. The van der Waals surface area contributed by atoms with E-state index in [0.29, 0.717) is 10.4 Å². The van der Waals surface area contributed by atoms with Crippen molar-refractivity contribution in [3.05, 3.63) is 0 Å². The van der Waals surface area contributed by atoms with E-state index in [1.54, 1.807) is 18.7 Å². The summed E-state index contributed by atoms with van der Waals surface area (Å²) in [6.07, 6.45) is 12.3.